The van der Waals surface area contributed by atoms with Crippen molar-refractivity contribution < 1.29 is 22.4 Å². The van der Waals surface area contributed by atoms with E-state index in [1.165, 1.54) is 6.07 Å². The Hall–Kier alpha value is -3.06. The number of pyridine rings is 1. The smallest absolute Gasteiger partial charge is 0.367 e. The highest BCUT2D eigenvalue weighted by Crippen LogP contribution is 2.35. The highest BCUT2D eigenvalue weighted by Gasteiger charge is 2.34. The van der Waals surface area contributed by atoms with E-state index in [1.54, 1.807) is 21.9 Å². The Kier molecular flexibility index (Phi) is 6.84. The molecular weight excluding hydrogens is 474 g/mol. The lowest BCUT2D eigenvalue weighted by Gasteiger charge is -2.39. The molecule has 0 saturated carbocycles. The van der Waals surface area contributed by atoms with Crippen molar-refractivity contribution in [1.29, 1.82) is 5.26 Å². The van der Waals surface area contributed by atoms with Crippen LogP contribution in [0.1, 0.15) is 24.0 Å². The van der Waals surface area contributed by atoms with Crippen LogP contribution in [0.15, 0.2) is 30.5 Å². The summed E-state index contributed by atoms with van der Waals surface area (Å²) in [5, 5.41) is 9.20. The number of halogens is 5. The zero-order chi connectivity index (χ0) is 24.5. The number of alkyl halides is 3. The Morgan fingerprint density at radius 3 is 2.35 bits per heavy atom. The van der Waals surface area contributed by atoms with Crippen LogP contribution in [0.2, 0.25) is 5.02 Å². The van der Waals surface area contributed by atoms with E-state index in [4.69, 9.17) is 11.6 Å². The number of benzene rings is 1. The minimum atomic E-state index is -4.51. The number of carbonyl (C=O) groups excluding carboxylic acids is 1. The van der Waals surface area contributed by atoms with Gasteiger partial charge in [-0.3, -0.25) is 4.79 Å². The lowest BCUT2D eigenvalue weighted by molar-refractivity contribution is -0.138. The van der Waals surface area contributed by atoms with Crippen LogP contribution in [-0.4, -0.2) is 55.1 Å². The van der Waals surface area contributed by atoms with Crippen molar-refractivity contribution in [3.63, 3.8) is 0 Å². The van der Waals surface area contributed by atoms with Gasteiger partial charge in [-0.25, -0.2) is 9.37 Å². The second-order valence-electron chi connectivity index (χ2n) is 8.35. The van der Waals surface area contributed by atoms with Gasteiger partial charge in [0.15, 0.2) is 0 Å². The van der Waals surface area contributed by atoms with Gasteiger partial charge in [0.05, 0.1) is 16.3 Å². The summed E-state index contributed by atoms with van der Waals surface area (Å²) in [6.07, 6.45) is -2.65. The molecule has 1 amide bonds. The van der Waals surface area contributed by atoms with Crippen LogP contribution in [0, 0.1) is 23.1 Å². The molecule has 6 nitrogen and oxygen atoms in total. The van der Waals surface area contributed by atoms with Crippen molar-refractivity contribution in [3.05, 3.63) is 52.4 Å². The molecule has 0 spiro atoms. The van der Waals surface area contributed by atoms with Crippen molar-refractivity contribution in [1.82, 2.24) is 9.88 Å². The van der Waals surface area contributed by atoms with Crippen molar-refractivity contribution in [2.45, 2.75) is 19.0 Å². The number of hydrogen-bond acceptors (Lipinski definition) is 5. The molecule has 1 aromatic heterocycles. The molecule has 4 rings (SSSR count). The minimum absolute atomic E-state index is 0.00480. The Bertz CT molecular complexity index is 1100. The van der Waals surface area contributed by atoms with E-state index in [0.717, 1.165) is 12.3 Å². The number of amides is 1. The number of hydrogen-bond donors (Lipinski definition) is 0. The number of nitriles is 1. The van der Waals surface area contributed by atoms with Crippen LogP contribution < -0.4 is 9.80 Å². The molecule has 0 N–H and O–H groups in total. The fraction of sp³-hybridized carbons (Fsp3) is 0.435. The topological polar surface area (TPSA) is 63.5 Å². The summed E-state index contributed by atoms with van der Waals surface area (Å²) < 4.78 is 52.5. The molecule has 2 aliphatic heterocycles. The highest BCUT2D eigenvalue weighted by atomic mass is 35.5. The number of carbonyl (C=O) groups is 1. The number of piperidine rings is 1. The van der Waals surface area contributed by atoms with E-state index in [-0.39, 0.29) is 28.2 Å². The first-order chi connectivity index (χ1) is 16.2. The molecule has 0 atom stereocenters. The van der Waals surface area contributed by atoms with E-state index in [1.807, 2.05) is 11.0 Å². The SMILES string of the molecule is N#Cc1c(F)cccc1N1CCN(C(=O)C2CCN(c3ncc(C(F)(F)F)cc3Cl)CC2)CC1. The van der Waals surface area contributed by atoms with Gasteiger partial charge in [-0.05, 0) is 31.0 Å². The molecule has 0 bridgehead atoms. The van der Waals surface area contributed by atoms with E-state index in [9.17, 15) is 27.6 Å². The summed E-state index contributed by atoms with van der Waals surface area (Å²) in [5.41, 5.74) is -0.361. The first-order valence-electron chi connectivity index (χ1n) is 10.9. The van der Waals surface area contributed by atoms with E-state index >= 15 is 0 Å². The molecular formula is C23H22ClF4N5O. The van der Waals surface area contributed by atoms with E-state index < -0.39 is 17.6 Å². The lowest BCUT2D eigenvalue weighted by atomic mass is 9.95. The fourth-order valence-corrected chi connectivity index (χ4v) is 4.76. The van der Waals surface area contributed by atoms with Gasteiger partial charge in [-0.1, -0.05) is 17.7 Å². The van der Waals surface area contributed by atoms with Gasteiger partial charge in [0.1, 0.15) is 23.3 Å². The monoisotopic (exact) mass is 495 g/mol. The Labute approximate surface area is 199 Å². The fourth-order valence-electron chi connectivity index (χ4n) is 4.47. The summed E-state index contributed by atoms with van der Waals surface area (Å²) in [6, 6.07) is 7.30. The predicted molar refractivity (Wildman–Crippen MR) is 119 cm³/mol. The molecule has 2 fully saturated rings. The molecule has 180 valence electrons. The van der Waals surface area contributed by atoms with Crippen molar-refractivity contribution in [3.8, 4) is 6.07 Å². The molecule has 0 radical (unpaired) electrons. The van der Waals surface area contributed by atoms with Gasteiger partial charge in [0, 0.05) is 51.4 Å². The third kappa shape index (κ3) is 4.89. The molecule has 0 aliphatic carbocycles. The average molecular weight is 496 g/mol. The quantitative estimate of drug-likeness (QED) is 0.593. The Balaban J connectivity index is 1.33. The molecule has 0 unspecified atom stereocenters. The normalized spacial score (nSPS) is 17.6. The number of aromatic nitrogens is 1. The number of piperazine rings is 1. The molecule has 2 aromatic rings. The minimum Gasteiger partial charge on any atom is -0.367 e. The molecule has 2 aliphatic rings. The van der Waals surface area contributed by atoms with Crippen LogP contribution in [0.3, 0.4) is 0 Å². The molecule has 2 saturated heterocycles. The zero-order valence-corrected chi connectivity index (χ0v) is 18.9. The van der Waals surface area contributed by atoms with Gasteiger partial charge < -0.3 is 14.7 Å². The standard InChI is InChI=1S/C23H22ClF4N5O/c24-18-12-16(23(26,27)28)14-30-21(18)32-6-4-15(5-7-32)22(34)33-10-8-31(9-11-33)20-3-1-2-19(25)17(20)13-29/h1-3,12,14-15H,4-11H2. The van der Waals surface area contributed by atoms with Crippen molar-refractivity contribution in [2.24, 2.45) is 5.92 Å². The van der Waals surface area contributed by atoms with Crippen molar-refractivity contribution in [2.75, 3.05) is 49.1 Å². The lowest BCUT2D eigenvalue weighted by Crippen LogP contribution is -2.52. The van der Waals surface area contributed by atoms with Crippen molar-refractivity contribution >= 4 is 29.0 Å². The van der Waals surface area contributed by atoms with Gasteiger partial charge in [0.25, 0.3) is 0 Å². The zero-order valence-electron chi connectivity index (χ0n) is 18.2. The maximum atomic E-state index is 13.9. The summed E-state index contributed by atoms with van der Waals surface area (Å²) in [7, 11) is 0. The average Bonchev–Trinajstić information content (AvgIpc) is 2.83. The second kappa shape index (κ2) is 9.66. The van der Waals surface area contributed by atoms with Crippen LogP contribution in [0.4, 0.5) is 29.1 Å². The summed E-state index contributed by atoms with van der Waals surface area (Å²) >= 11 is 6.06. The first kappa shape index (κ1) is 24.1. The van der Waals surface area contributed by atoms with Gasteiger partial charge in [-0.15, -0.1) is 0 Å². The van der Waals surface area contributed by atoms with Gasteiger partial charge >= 0.3 is 6.18 Å². The number of rotatable bonds is 3. The number of anilines is 2. The van der Waals surface area contributed by atoms with Crippen LogP contribution >= 0.6 is 11.6 Å². The van der Waals surface area contributed by atoms with E-state index in [2.05, 4.69) is 4.98 Å². The maximum Gasteiger partial charge on any atom is 0.417 e. The highest BCUT2D eigenvalue weighted by molar-refractivity contribution is 6.33. The van der Waals surface area contributed by atoms with E-state index in [0.29, 0.717) is 57.8 Å². The van der Waals surface area contributed by atoms with Crippen LogP contribution in [-0.2, 0) is 11.0 Å². The summed E-state index contributed by atoms with van der Waals surface area (Å²) in [4.78, 5) is 22.5. The maximum absolute atomic E-state index is 13.9. The third-order valence-corrected chi connectivity index (χ3v) is 6.61. The summed E-state index contributed by atoms with van der Waals surface area (Å²) in [5.74, 6) is -0.434. The van der Waals surface area contributed by atoms with Crippen LogP contribution in [0.25, 0.3) is 0 Å². The summed E-state index contributed by atoms with van der Waals surface area (Å²) in [6.45, 7) is 2.84. The molecule has 34 heavy (non-hydrogen) atoms. The molecule has 11 heteroatoms. The van der Waals surface area contributed by atoms with Gasteiger partial charge in [0.2, 0.25) is 5.91 Å². The number of nitrogens with zero attached hydrogens (tertiary/aromatic N) is 5. The Morgan fingerprint density at radius 2 is 1.76 bits per heavy atom. The largest absolute Gasteiger partial charge is 0.417 e. The van der Waals surface area contributed by atoms with Gasteiger partial charge in [-0.2, -0.15) is 18.4 Å². The molecule has 3 heterocycles. The Morgan fingerprint density at radius 1 is 1.09 bits per heavy atom. The third-order valence-electron chi connectivity index (χ3n) is 6.33. The first-order valence-corrected chi connectivity index (χ1v) is 11.3. The second-order valence-corrected chi connectivity index (χ2v) is 8.75. The molecule has 1 aromatic carbocycles. The predicted octanol–water partition coefficient (Wildman–Crippen LogP) is 4.33. The van der Waals surface area contributed by atoms with Crippen LogP contribution in [0.5, 0.6) is 0 Å².